The maximum Gasteiger partial charge on any atom is 0.230 e. The number of ether oxygens (including phenoxy) is 2. The van der Waals surface area contributed by atoms with Crippen LogP contribution in [0, 0.1) is 0 Å². The molecule has 2 aromatic rings. The Morgan fingerprint density at radius 2 is 1.97 bits per heavy atom. The van der Waals surface area contributed by atoms with Gasteiger partial charge in [-0.15, -0.1) is 10.2 Å². The van der Waals surface area contributed by atoms with E-state index < -0.39 is 0 Å². The lowest BCUT2D eigenvalue weighted by Gasteiger charge is -2.25. The van der Waals surface area contributed by atoms with Crippen LogP contribution in [0.1, 0.15) is 51.0 Å². The number of benzene rings is 1. The Morgan fingerprint density at radius 1 is 1.17 bits per heavy atom. The molecule has 30 heavy (non-hydrogen) atoms. The van der Waals surface area contributed by atoms with Crippen molar-refractivity contribution >= 4 is 17.7 Å². The topological polar surface area (TPSA) is 78.3 Å². The average Bonchev–Trinajstić information content (AvgIpc) is 3.47. The molecule has 1 atom stereocenters. The highest BCUT2D eigenvalue weighted by Crippen LogP contribution is 2.35. The summed E-state index contributed by atoms with van der Waals surface area (Å²) >= 11 is 1.47. The fraction of sp³-hybridized carbons (Fsp3) is 0.591. The Bertz CT molecular complexity index is 827. The summed E-state index contributed by atoms with van der Waals surface area (Å²) in [5, 5.41) is 12.8. The standard InChI is InChI=1S/C22H30N4O3S/c1-28-18-11-9-16(10-12-18)21-24-25-22(26(21)17-6-3-2-4-7-17)30-15-20(27)23-14-19-8-5-13-29-19/h9-12,17,19H,2-8,13-15H2,1H3,(H,23,27). The Balaban J connectivity index is 1.47. The number of nitrogens with zero attached hydrogens (tertiary/aromatic N) is 3. The fourth-order valence-corrected chi connectivity index (χ4v) is 5.03. The number of rotatable bonds is 8. The second-order valence-electron chi connectivity index (χ2n) is 7.92. The van der Waals surface area contributed by atoms with Crippen LogP contribution < -0.4 is 10.1 Å². The zero-order valence-corrected chi connectivity index (χ0v) is 18.3. The minimum Gasteiger partial charge on any atom is -0.497 e. The van der Waals surface area contributed by atoms with E-state index in [0.29, 0.717) is 18.3 Å². The summed E-state index contributed by atoms with van der Waals surface area (Å²) in [5.41, 5.74) is 1.02. The molecule has 0 radical (unpaired) electrons. The van der Waals surface area contributed by atoms with E-state index in [1.807, 2.05) is 24.3 Å². The van der Waals surface area contributed by atoms with Gasteiger partial charge >= 0.3 is 0 Å². The molecule has 1 N–H and O–H groups in total. The molecule has 162 valence electrons. The maximum atomic E-state index is 12.3. The lowest BCUT2D eigenvalue weighted by molar-refractivity contribution is -0.119. The summed E-state index contributed by atoms with van der Waals surface area (Å²) in [4.78, 5) is 12.3. The molecule has 1 aliphatic heterocycles. The highest BCUT2D eigenvalue weighted by molar-refractivity contribution is 7.99. The summed E-state index contributed by atoms with van der Waals surface area (Å²) in [6.07, 6.45) is 8.23. The first-order valence-electron chi connectivity index (χ1n) is 10.8. The minimum absolute atomic E-state index is 0.0136. The molecule has 1 saturated heterocycles. The van der Waals surface area contributed by atoms with Gasteiger partial charge in [-0.2, -0.15) is 0 Å². The molecule has 1 aromatic carbocycles. The van der Waals surface area contributed by atoms with E-state index in [0.717, 1.165) is 54.6 Å². The van der Waals surface area contributed by atoms with Crippen LogP contribution in [0.15, 0.2) is 29.4 Å². The molecule has 1 aromatic heterocycles. The molecule has 2 aliphatic rings. The molecule has 1 saturated carbocycles. The summed E-state index contributed by atoms with van der Waals surface area (Å²) in [6, 6.07) is 8.31. The van der Waals surface area contributed by atoms with Crippen LogP contribution in [-0.4, -0.2) is 52.8 Å². The molecule has 2 heterocycles. The summed E-state index contributed by atoms with van der Waals surface area (Å²) in [5.74, 6) is 2.03. The number of amides is 1. The molecule has 7 nitrogen and oxygen atoms in total. The molecule has 0 bridgehead atoms. The van der Waals surface area contributed by atoms with Gasteiger partial charge in [0.25, 0.3) is 0 Å². The van der Waals surface area contributed by atoms with Crippen LogP contribution >= 0.6 is 11.8 Å². The molecule has 8 heteroatoms. The summed E-state index contributed by atoms with van der Waals surface area (Å²) < 4.78 is 13.1. The smallest absolute Gasteiger partial charge is 0.230 e. The highest BCUT2D eigenvalue weighted by Gasteiger charge is 2.24. The van der Waals surface area contributed by atoms with Crippen LogP contribution in [0.4, 0.5) is 0 Å². The van der Waals surface area contributed by atoms with E-state index in [1.54, 1.807) is 7.11 Å². The third-order valence-electron chi connectivity index (χ3n) is 5.84. The van der Waals surface area contributed by atoms with Crippen molar-refractivity contribution in [3.05, 3.63) is 24.3 Å². The second kappa shape index (κ2) is 10.3. The maximum absolute atomic E-state index is 12.3. The van der Waals surface area contributed by atoms with E-state index in [4.69, 9.17) is 9.47 Å². The SMILES string of the molecule is COc1ccc(-c2nnc(SCC(=O)NCC3CCCO3)n2C2CCCCC2)cc1. The van der Waals surface area contributed by atoms with Crippen molar-refractivity contribution in [3.63, 3.8) is 0 Å². The molecule has 0 spiro atoms. The van der Waals surface area contributed by atoms with Gasteiger partial charge in [-0.1, -0.05) is 31.0 Å². The number of methoxy groups -OCH3 is 1. The van der Waals surface area contributed by atoms with Crippen molar-refractivity contribution in [1.82, 2.24) is 20.1 Å². The summed E-state index contributed by atoms with van der Waals surface area (Å²) in [6.45, 7) is 1.39. The lowest BCUT2D eigenvalue weighted by Crippen LogP contribution is -2.33. The third kappa shape index (κ3) is 5.16. The van der Waals surface area contributed by atoms with Crippen molar-refractivity contribution < 1.29 is 14.3 Å². The number of hydrogen-bond acceptors (Lipinski definition) is 6. The largest absolute Gasteiger partial charge is 0.497 e. The van der Waals surface area contributed by atoms with E-state index >= 15 is 0 Å². The van der Waals surface area contributed by atoms with E-state index in [9.17, 15) is 4.79 Å². The Kier molecular flexibility index (Phi) is 7.28. The van der Waals surface area contributed by atoms with Crippen molar-refractivity contribution in [2.45, 2.75) is 62.2 Å². The van der Waals surface area contributed by atoms with Gasteiger partial charge in [0.05, 0.1) is 19.0 Å². The molecule has 1 aliphatic carbocycles. The normalized spacial score (nSPS) is 19.7. The number of carbonyl (C=O) groups excluding carboxylic acids is 1. The predicted octanol–water partition coefficient (Wildman–Crippen LogP) is 3.85. The number of hydrogen-bond donors (Lipinski definition) is 1. The highest BCUT2D eigenvalue weighted by atomic mass is 32.2. The van der Waals surface area contributed by atoms with Crippen molar-refractivity contribution in [2.24, 2.45) is 0 Å². The number of aromatic nitrogens is 3. The van der Waals surface area contributed by atoms with Crippen LogP contribution in [-0.2, 0) is 9.53 Å². The Hall–Kier alpha value is -2.06. The van der Waals surface area contributed by atoms with Gasteiger partial charge in [0.1, 0.15) is 5.75 Å². The molecule has 4 rings (SSSR count). The van der Waals surface area contributed by atoms with E-state index in [2.05, 4.69) is 20.1 Å². The summed E-state index contributed by atoms with van der Waals surface area (Å²) in [7, 11) is 1.66. The minimum atomic E-state index is 0.0136. The lowest BCUT2D eigenvalue weighted by atomic mass is 9.95. The number of carbonyl (C=O) groups is 1. The van der Waals surface area contributed by atoms with E-state index in [-0.39, 0.29) is 12.0 Å². The third-order valence-corrected chi connectivity index (χ3v) is 6.78. The van der Waals surface area contributed by atoms with Crippen LogP contribution in [0.25, 0.3) is 11.4 Å². The van der Waals surface area contributed by atoms with Gasteiger partial charge in [-0.3, -0.25) is 9.36 Å². The van der Waals surface area contributed by atoms with Gasteiger partial charge in [0, 0.05) is 24.8 Å². The quantitative estimate of drug-likeness (QED) is 0.641. The zero-order valence-electron chi connectivity index (χ0n) is 17.5. The Labute approximate surface area is 181 Å². The van der Waals surface area contributed by atoms with Crippen LogP contribution in [0.3, 0.4) is 0 Å². The monoisotopic (exact) mass is 430 g/mol. The van der Waals surface area contributed by atoms with Gasteiger partial charge in [-0.05, 0) is 49.9 Å². The van der Waals surface area contributed by atoms with Crippen molar-refractivity contribution in [2.75, 3.05) is 26.0 Å². The molecule has 2 fully saturated rings. The zero-order chi connectivity index (χ0) is 20.8. The van der Waals surface area contributed by atoms with Gasteiger partial charge in [-0.25, -0.2) is 0 Å². The van der Waals surface area contributed by atoms with Crippen LogP contribution in [0.5, 0.6) is 5.75 Å². The van der Waals surface area contributed by atoms with E-state index in [1.165, 1.54) is 31.0 Å². The predicted molar refractivity (Wildman–Crippen MR) is 117 cm³/mol. The number of nitrogens with one attached hydrogen (secondary N) is 1. The van der Waals surface area contributed by atoms with Gasteiger partial charge in [0.2, 0.25) is 5.91 Å². The first kappa shape index (κ1) is 21.2. The van der Waals surface area contributed by atoms with Gasteiger partial charge < -0.3 is 14.8 Å². The van der Waals surface area contributed by atoms with Gasteiger partial charge in [0.15, 0.2) is 11.0 Å². The Morgan fingerprint density at radius 3 is 2.67 bits per heavy atom. The average molecular weight is 431 g/mol. The first-order chi connectivity index (χ1) is 14.7. The molecular weight excluding hydrogens is 400 g/mol. The molecule has 1 amide bonds. The van der Waals surface area contributed by atoms with Crippen molar-refractivity contribution in [1.29, 1.82) is 0 Å². The number of thioether (sulfide) groups is 1. The van der Waals surface area contributed by atoms with Crippen molar-refractivity contribution in [3.8, 4) is 17.1 Å². The fourth-order valence-electron chi connectivity index (χ4n) is 4.19. The molecule has 1 unspecified atom stereocenters. The second-order valence-corrected chi connectivity index (χ2v) is 8.87. The van der Waals surface area contributed by atoms with Crippen LogP contribution in [0.2, 0.25) is 0 Å². The first-order valence-corrected chi connectivity index (χ1v) is 11.8. The molecular formula is C22H30N4O3S.